The minimum Gasteiger partial charge on any atom is -0.323 e. The number of nitrogens with zero attached hydrogens (tertiary/aromatic N) is 3. The van der Waals surface area contributed by atoms with Gasteiger partial charge in [0.15, 0.2) is 0 Å². The van der Waals surface area contributed by atoms with Gasteiger partial charge in [-0.25, -0.2) is 9.48 Å². The summed E-state index contributed by atoms with van der Waals surface area (Å²) >= 11 is 5.84. The number of nitrogens with one attached hydrogen (secondary N) is 1. The van der Waals surface area contributed by atoms with Crippen LogP contribution in [0.5, 0.6) is 0 Å². The maximum Gasteiger partial charge on any atom is 0.321 e. The standard InChI is InChI=1S/C18H17ClN4O/c1-22(18(24)21-16-9-7-15(19)8-10-16)12-14-11-20-23(13-14)17-5-3-2-4-6-17/h2-11,13H,12H2,1H3,(H,21,24). The highest BCUT2D eigenvalue weighted by Gasteiger charge is 2.11. The Hall–Kier alpha value is -2.79. The lowest BCUT2D eigenvalue weighted by Gasteiger charge is -2.17. The Balaban J connectivity index is 1.62. The molecule has 0 aliphatic carbocycles. The van der Waals surface area contributed by atoms with Gasteiger partial charge in [0.05, 0.1) is 18.4 Å². The van der Waals surface area contributed by atoms with E-state index < -0.39 is 0 Å². The molecule has 6 heteroatoms. The first-order valence-electron chi connectivity index (χ1n) is 7.48. The van der Waals surface area contributed by atoms with Crippen molar-refractivity contribution in [3.63, 3.8) is 0 Å². The predicted molar refractivity (Wildman–Crippen MR) is 95.5 cm³/mol. The van der Waals surface area contributed by atoms with E-state index in [1.807, 2.05) is 36.5 Å². The number of hydrogen-bond acceptors (Lipinski definition) is 2. The maximum atomic E-state index is 12.2. The Labute approximate surface area is 145 Å². The number of carbonyl (C=O) groups excluding carboxylic acids is 1. The number of urea groups is 1. The lowest BCUT2D eigenvalue weighted by atomic mass is 10.3. The molecule has 1 N–H and O–H groups in total. The molecule has 1 aromatic heterocycles. The first kappa shape index (κ1) is 16.1. The molecule has 1 heterocycles. The van der Waals surface area contributed by atoms with Crippen molar-refractivity contribution in [2.75, 3.05) is 12.4 Å². The molecular formula is C18H17ClN4O. The van der Waals surface area contributed by atoms with Crippen molar-refractivity contribution < 1.29 is 4.79 Å². The number of halogens is 1. The minimum absolute atomic E-state index is 0.190. The predicted octanol–water partition coefficient (Wildman–Crippen LogP) is 4.19. The van der Waals surface area contributed by atoms with Crippen molar-refractivity contribution in [3.05, 3.63) is 77.6 Å². The number of aromatic nitrogens is 2. The Bertz CT molecular complexity index is 815. The van der Waals surface area contributed by atoms with Crippen molar-refractivity contribution in [3.8, 4) is 5.69 Å². The third-order valence-corrected chi connectivity index (χ3v) is 3.77. The van der Waals surface area contributed by atoms with Crippen LogP contribution in [0, 0.1) is 0 Å². The van der Waals surface area contributed by atoms with E-state index in [4.69, 9.17) is 11.6 Å². The summed E-state index contributed by atoms with van der Waals surface area (Å²) in [7, 11) is 1.74. The molecule has 0 saturated heterocycles. The third kappa shape index (κ3) is 3.94. The summed E-state index contributed by atoms with van der Waals surface area (Å²) in [5.41, 5.74) is 2.64. The van der Waals surface area contributed by atoms with Gasteiger partial charge in [-0.1, -0.05) is 29.8 Å². The number of hydrogen-bond donors (Lipinski definition) is 1. The largest absolute Gasteiger partial charge is 0.323 e. The van der Waals surface area contributed by atoms with Crippen molar-refractivity contribution >= 4 is 23.3 Å². The lowest BCUT2D eigenvalue weighted by molar-refractivity contribution is 0.220. The number of carbonyl (C=O) groups is 1. The quantitative estimate of drug-likeness (QED) is 0.774. The molecule has 0 aliphatic rings. The Morgan fingerprint density at radius 2 is 1.88 bits per heavy atom. The molecule has 0 fully saturated rings. The molecule has 0 unspecified atom stereocenters. The fourth-order valence-electron chi connectivity index (χ4n) is 2.26. The van der Waals surface area contributed by atoms with Gasteiger partial charge in [0, 0.05) is 29.5 Å². The van der Waals surface area contributed by atoms with Gasteiger partial charge in [0.25, 0.3) is 0 Å². The maximum absolute atomic E-state index is 12.2. The zero-order valence-corrected chi connectivity index (χ0v) is 13.9. The van der Waals surface area contributed by atoms with Crippen LogP contribution in [0.4, 0.5) is 10.5 Å². The lowest BCUT2D eigenvalue weighted by Crippen LogP contribution is -2.30. The second kappa shape index (κ2) is 7.19. The molecule has 24 heavy (non-hydrogen) atoms. The number of para-hydroxylation sites is 1. The molecule has 0 spiro atoms. The molecule has 5 nitrogen and oxygen atoms in total. The van der Waals surface area contributed by atoms with E-state index >= 15 is 0 Å². The Morgan fingerprint density at radius 3 is 2.58 bits per heavy atom. The van der Waals surface area contributed by atoms with Gasteiger partial charge in [-0.15, -0.1) is 0 Å². The van der Waals surface area contributed by atoms with E-state index in [-0.39, 0.29) is 6.03 Å². The number of benzene rings is 2. The summed E-state index contributed by atoms with van der Waals surface area (Å²) in [6, 6.07) is 16.7. The zero-order valence-electron chi connectivity index (χ0n) is 13.2. The molecule has 3 rings (SSSR count). The van der Waals surface area contributed by atoms with E-state index in [0.29, 0.717) is 17.3 Å². The van der Waals surface area contributed by atoms with Crippen molar-refractivity contribution in [1.29, 1.82) is 0 Å². The van der Waals surface area contributed by atoms with Crippen LogP contribution in [0.25, 0.3) is 5.69 Å². The second-order valence-corrected chi connectivity index (χ2v) is 5.86. The summed E-state index contributed by atoms with van der Waals surface area (Å²) < 4.78 is 1.79. The topological polar surface area (TPSA) is 50.2 Å². The highest BCUT2D eigenvalue weighted by atomic mass is 35.5. The summed E-state index contributed by atoms with van der Waals surface area (Å²) in [5.74, 6) is 0. The van der Waals surface area contributed by atoms with E-state index in [2.05, 4.69) is 10.4 Å². The highest BCUT2D eigenvalue weighted by Crippen LogP contribution is 2.14. The molecule has 122 valence electrons. The van der Waals surface area contributed by atoms with Crippen LogP contribution in [0.3, 0.4) is 0 Å². The van der Waals surface area contributed by atoms with Gasteiger partial charge in [0.2, 0.25) is 0 Å². The van der Waals surface area contributed by atoms with Crippen LogP contribution < -0.4 is 5.32 Å². The van der Waals surface area contributed by atoms with Gasteiger partial charge < -0.3 is 10.2 Å². The molecule has 2 amide bonds. The van der Waals surface area contributed by atoms with Crippen LogP contribution in [0.2, 0.25) is 5.02 Å². The van der Waals surface area contributed by atoms with Gasteiger partial charge in [-0.3, -0.25) is 0 Å². The highest BCUT2D eigenvalue weighted by molar-refractivity contribution is 6.30. The summed E-state index contributed by atoms with van der Waals surface area (Å²) in [6.07, 6.45) is 3.68. The Kier molecular flexibility index (Phi) is 4.82. The molecule has 0 atom stereocenters. The second-order valence-electron chi connectivity index (χ2n) is 5.42. The summed E-state index contributed by atoms with van der Waals surface area (Å²) in [5, 5.41) is 7.80. The first-order valence-corrected chi connectivity index (χ1v) is 7.86. The fourth-order valence-corrected chi connectivity index (χ4v) is 2.39. The van der Waals surface area contributed by atoms with Crippen molar-refractivity contribution in [2.24, 2.45) is 0 Å². The first-order chi connectivity index (χ1) is 11.6. The third-order valence-electron chi connectivity index (χ3n) is 3.52. The zero-order chi connectivity index (χ0) is 16.9. The van der Waals surface area contributed by atoms with E-state index in [1.165, 1.54) is 0 Å². The van der Waals surface area contributed by atoms with Crippen molar-refractivity contribution in [1.82, 2.24) is 14.7 Å². The van der Waals surface area contributed by atoms with Crippen LogP contribution in [-0.2, 0) is 6.54 Å². The SMILES string of the molecule is CN(Cc1cnn(-c2ccccc2)c1)C(=O)Nc1ccc(Cl)cc1. The number of amides is 2. The molecule has 0 aliphatic heterocycles. The normalized spacial score (nSPS) is 10.4. The van der Waals surface area contributed by atoms with Crippen molar-refractivity contribution in [2.45, 2.75) is 6.54 Å². The minimum atomic E-state index is -0.190. The fraction of sp³-hybridized carbons (Fsp3) is 0.111. The average Bonchev–Trinajstić information content (AvgIpc) is 3.06. The van der Waals surface area contributed by atoms with E-state index in [9.17, 15) is 4.79 Å². The van der Waals surface area contributed by atoms with E-state index in [0.717, 1.165) is 11.3 Å². The van der Waals surface area contributed by atoms with Gasteiger partial charge >= 0.3 is 6.03 Å². The smallest absolute Gasteiger partial charge is 0.321 e. The molecule has 3 aromatic rings. The molecule has 0 radical (unpaired) electrons. The molecular weight excluding hydrogens is 324 g/mol. The Morgan fingerprint density at radius 1 is 1.17 bits per heavy atom. The van der Waals surface area contributed by atoms with Crippen LogP contribution in [0.1, 0.15) is 5.56 Å². The van der Waals surface area contributed by atoms with Gasteiger partial charge in [0.1, 0.15) is 0 Å². The molecule has 0 bridgehead atoms. The number of anilines is 1. The van der Waals surface area contributed by atoms with Crippen LogP contribution in [-0.4, -0.2) is 27.8 Å². The van der Waals surface area contributed by atoms with Crippen LogP contribution in [0.15, 0.2) is 67.0 Å². The van der Waals surface area contributed by atoms with E-state index in [1.54, 1.807) is 47.1 Å². The average molecular weight is 341 g/mol. The monoisotopic (exact) mass is 340 g/mol. The van der Waals surface area contributed by atoms with Gasteiger partial charge in [-0.2, -0.15) is 5.10 Å². The van der Waals surface area contributed by atoms with Crippen LogP contribution >= 0.6 is 11.6 Å². The van der Waals surface area contributed by atoms with Gasteiger partial charge in [-0.05, 0) is 36.4 Å². The molecule has 2 aromatic carbocycles. The number of rotatable bonds is 4. The summed E-state index contributed by atoms with van der Waals surface area (Å²) in [4.78, 5) is 13.8. The molecule has 0 saturated carbocycles. The summed E-state index contributed by atoms with van der Waals surface area (Å²) in [6.45, 7) is 0.465.